The normalized spacial score (nSPS) is 40.4. The maximum atomic E-state index is 9.86. The first kappa shape index (κ1) is 12.7. The summed E-state index contributed by atoms with van der Waals surface area (Å²) in [5, 5.41) is 32.0. The Labute approximate surface area is 103 Å². The second-order valence-electron chi connectivity index (χ2n) is 3.81. The van der Waals surface area contributed by atoms with Crippen LogP contribution in [0.5, 0.6) is 0 Å². The maximum absolute atomic E-state index is 9.86. The highest BCUT2D eigenvalue weighted by Gasteiger charge is 2.47. The summed E-state index contributed by atoms with van der Waals surface area (Å²) >= 11 is 1.30. The maximum Gasteiger partial charge on any atom is 0.160 e. The number of aliphatic hydroxyl groups excluding tert-OH is 3. The molecular weight excluding hydrogens is 244 g/mol. The fourth-order valence-corrected chi connectivity index (χ4v) is 2.91. The molecule has 94 valence electrons. The molecule has 1 fully saturated rings. The van der Waals surface area contributed by atoms with E-state index in [1.54, 1.807) is 0 Å². The van der Waals surface area contributed by atoms with E-state index in [-0.39, 0.29) is 6.61 Å². The van der Waals surface area contributed by atoms with Gasteiger partial charge >= 0.3 is 0 Å². The molecule has 1 saturated heterocycles. The second kappa shape index (κ2) is 5.25. The predicted octanol–water partition coefficient (Wildman–Crippen LogP) is -1.88. The molecule has 0 aromatic carbocycles. The summed E-state index contributed by atoms with van der Waals surface area (Å²) < 4.78 is 5.45. The van der Waals surface area contributed by atoms with Crippen molar-refractivity contribution in [1.82, 2.24) is 5.32 Å². The van der Waals surface area contributed by atoms with Crippen molar-refractivity contribution in [3.63, 3.8) is 0 Å². The van der Waals surface area contributed by atoms with Crippen molar-refractivity contribution in [3.8, 4) is 12.3 Å². The molecule has 0 radical (unpaired) electrons. The largest absolute Gasteiger partial charge is 0.394 e. The van der Waals surface area contributed by atoms with Crippen LogP contribution in [0.1, 0.15) is 0 Å². The number of terminal acetylenes is 1. The molecule has 0 aromatic rings. The van der Waals surface area contributed by atoms with E-state index in [0.29, 0.717) is 11.7 Å². The molecule has 6 nitrogen and oxygen atoms in total. The van der Waals surface area contributed by atoms with Gasteiger partial charge in [0.15, 0.2) is 5.17 Å². The number of nitrogens with zero attached hydrogens (tertiary/aromatic N) is 1. The molecule has 0 spiro atoms. The number of hydrogen-bond acceptors (Lipinski definition) is 7. The zero-order valence-electron chi connectivity index (χ0n) is 8.98. The van der Waals surface area contributed by atoms with E-state index >= 15 is 0 Å². The third-order valence-corrected chi connectivity index (χ3v) is 3.78. The van der Waals surface area contributed by atoms with Crippen molar-refractivity contribution in [1.29, 1.82) is 0 Å². The van der Waals surface area contributed by atoms with Gasteiger partial charge in [-0.1, -0.05) is 17.7 Å². The fourth-order valence-electron chi connectivity index (χ4n) is 1.79. The number of ether oxygens (including phenoxy) is 1. The third kappa shape index (κ3) is 2.41. The topological polar surface area (TPSA) is 94.3 Å². The summed E-state index contributed by atoms with van der Waals surface area (Å²) in [4.78, 5) is 4.20. The van der Waals surface area contributed by atoms with E-state index in [1.807, 2.05) is 0 Å². The number of thioether (sulfide) groups is 1. The number of aliphatic hydroxyl groups is 3. The quantitative estimate of drug-likeness (QED) is 0.433. The monoisotopic (exact) mass is 258 g/mol. The third-order valence-electron chi connectivity index (χ3n) is 2.68. The number of hydrogen-bond donors (Lipinski definition) is 4. The molecule has 0 bridgehead atoms. The highest BCUT2D eigenvalue weighted by molar-refractivity contribution is 8.14. The van der Waals surface area contributed by atoms with Gasteiger partial charge in [-0.05, 0) is 0 Å². The van der Waals surface area contributed by atoms with Gasteiger partial charge in [-0.3, -0.25) is 4.99 Å². The predicted molar refractivity (Wildman–Crippen MR) is 63.4 cm³/mol. The zero-order valence-corrected chi connectivity index (χ0v) is 9.80. The van der Waals surface area contributed by atoms with Gasteiger partial charge in [0.2, 0.25) is 0 Å². The van der Waals surface area contributed by atoms with Crippen LogP contribution < -0.4 is 5.32 Å². The molecule has 0 saturated carbocycles. The van der Waals surface area contributed by atoms with E-state index in [2.05, 4.69) is 16.2 Å². The van der Waals surface area contributed by atoms with Gasteiger partial charge in [0.25, 0.3) is 0 Å². The van der Waals surface area contributed by atoms with E-state index < -0.39 is 29.8 Å². The van der Waals surface area contributed by atoms with Crippen molar-refractivity contribution in [2.75, 3.05) is 13.2 Å². The summed E-state index contributed by atoms with van der Waals surface area (Å²) in [5.41, 5.74) is -0.397. The van der Waals surface area contributed by atoms with Crippen LogP contribution in [-0.4, -0.2) is 63.4 Å². The zero-order chi connectivity index (χ0) is 12.4. The van der Waals surface area contributed by atoms with Crippen LogP contribution in [0, 0.1) is 12.3 Å². The van der Waals surface area contributed by atoms with Crippen molar-refractivity contribution in [2.24, 2.45) is 4.99 Å². The summed E-state index contributed by atoms with van der Waals surface area (Å²) in [6, 6.07) is -0.530. The average Bonchev–Trinajstić information content (AvgIpc) is 2.74. The molecule has 2 aliphatic heterocycles. The van der Waals surface area contributed by atoms with E-state index in [9.17, 15) is 10.2 Å². The molecule has 17 heavy (non-hydrogen) atoms. The van der Waals surface area contributed by atoms with Crippen molar-refractivity contribution >= 4 is 16.9 Å². The molecule has 2 aliphatic rings. The molecule has 0 unspecified atom stereocenters. The minimum Gasteiger partial charge on any atom is -0.394 e. The van der Waals surface area contributed by atoms with Gasteiger partial charge in [0.1, 0.15) is 29.8 Å². The molecule has 0 aliphatic carbocycles. The van der Waals surface area contributed by atoms with Gasteiger partial charge in [-0.25, -0.2) is 0 Å². The SMILES string of the molecule is C#CCNC1=N[C@@H]2[C@@H](O)[C@H](O)[C@@H](CO)O[C@@H]2S1. The first-order chi connectivity index (χ1) is 8.17. The van der Waals surface area contributed by atoms with Gasteiger partial charge in [0.05, 0.1) is 13.2 Å². The molecular formula is C10H14N2O4S. The van der Waals surface area contributed by atoms with Crippen LogP contribution >= 0.6 is 11.8 Å². The summed E-state index contributed by atoms with van der Waals surface area (Å²) in [7, 11) is 0. The minimum atomic E-state index is -1.13. The van der Waals surface area contributed by atoms with E-state index in [0.717, 1.165) is 0 Å². The highest BCUT2D eigenvalue weighted by Crippen LogP contribution is 2.35. The Morgan fingerprint density at radius 1 is 1.47 bits per heavy atom. The first-order valence-corrected chi connectivity index (χ1v) is 6.09. The molecule has 7 heteroatoms. The Bertz CT molecular complexity index is 357. The lowest BCUT2D eigenvalue weighted by Crippen LogP contribution is -2.55. The van der Waals surface area contributed by atoms with Crippen molar-refractivity contribution < 1.29 is 20.1 Å². The molecule has 4 N–H and O–H groups in total. The number of aliphatic imine (C=N–C) groups is 1. The lowest BCUT2D eigenvalue weighted by atomic mass is 9.99. The Hall–Kier alpha value is -0.780. The number of fused-ring (bicyclic) bond motifs is 1. The summed E-state index contributed by atoms with van der Waals surface area (Å²) in [5.74, 6) is 2.42. The smallest absolute Gasteiger partial charge is 0.160 e. The number of amidine groups is 1. The van der Waals surface area contributed by atoms with Crippen LogP contribution in [0.4, 0.5) is 0 Å². The van der Waals surface area contributed by atoms with Crippen LogP contribution in [0.25, 0.3) is 0 Å². The molecule has 2 heterocycles. The molecule has 2 rings (SSSR count). The van der Waals surface area contributed by atoms with Gasteiger partial charge in [0, 0.05) is 0 Å². The number of nitrogens with one attached hydrogen (secondary N) is 1. The van der Waals surface area contributed by atoms with E-state index in [4.69, 9.17) is 16.3 Å². The first-order valence-electron chi connectivity index (χ1n) is 5.21. The van der Waals surface area contributed by atoms with Crippen LogP contribution in [-0.2, 0) is 4.74 Å². The number of rotatable bonds is 2. The van der Waals surface area contributed by atoms with Gasteiger partial charge < -0.3 is 25.4 Å². The summed E-state index contributed by atoms with van der Waals surface area (Å²) in [6.07, 6.45) is 2.17. The second-order valence-corrected chi connectivity index (χ2v) is 4.89. The Kier molecular flexibility index (Phi) is 3.91. The fraction of sp³-hybridized carbons (Fsp3) is 0.700. The minimum absolute atomic E-state index is 0.338. The van der Waals surface area contributed by atoms with Crippen LogP contribution in [0.15, 0.2) is 4.99 Å². The van der Waals surface area contributed by atoms with Crippen LogP contribution in [0.2, 0.25) is 0 Å². The standard InChI is InChI=1S/C10H14N2O4S/c1-2-3-11-10-12-6-8(15)7(14)5(4-13)16-9(6)17-10/h1,5-9,13-15H,3-4H2,(H,11,12)/t5-,6-,7-,8-,9-/m1/s1. The van der Waals surface area contributed by atoms with Crippen molar-refractivity contribution in [2.45, 2.75) is 29.8 Å². The molecule has 0 aromatic heterocycles. The van der Waals surface area contributed by atoms with Crippen molar-refractivity contribution in [3.05, 3.63) is 0 Å². The lowest BCUT2D eigenvalue weighted by Gasteiger charge is -2.37. The Balaban J connectivity index is 2.04. The van der Waals surface area contributed by atoms with Gasteiger partial charge in [-0.15, -0.1) is 6.42 Å². The van der Waals surface area contributed by atoms with E-state index in [1.165, 1.54) is 11.8 Å². The molecule has 0 amide bonds. The highest BCUT2D eigenvalue weighted by atomic mass is 32.2. The van der Waals surface area contributed by atoms with Gasteiger partial charge in [-0.2, -0.15) is 0 Å². The van der Waals surface area contributed by atoms with Crippen LogP contribution in [0.3, 0.4) is 0 Å². The lowest BCUT2D eigenvalue weighted by molar-refractivity contribution is -0.164. The Morgan fingerprint density at radius 2 is 2.24 bits per heavy atom. The summed E-state index contributed by atoms with van der Waals surface area (Å²) in [6.45, 7) is 0.00246. The Morgan fingerprint density at radius 3 is 2.88 bits per heavy atom. The average molecular weight is 258 g/mol. The molecule has 5 atom stereocenters.